The third-order valence-corrected chi connectivity index (χ3v) is 2.64. The first kappa shape index (κ1) is 17.0. The zero-order valence-electron chi connectivity index (χ0n) is 12.1. The molecule has 0 amide bonds. The molecule has 1 atom stereocenters. The lowest BCUT2D eigenvalue weighted by Gasteiger charge is -2.11. The van der Waals surface area contributed by atoms with E-state index in [9.17, 15) is 9.59 Å². The number of carbonyl (C=O) groups is 2. The van der Waals surface area contributed by atoms with E-state index in [1.54, 1.807) is 19.1 Å². The van der Waals surface area contributed by atoms with Gasteiger partial charge in [0.05, 0.1) is 12.3 Å². The number of hydrogen-bond donors (Lipinski definition) is 1. The number of nitrogens with one attached hydrogen (secondary N) is 1. The molecule has 0 unspecified atom stereocenters. The summed E-state index contributed by atoms with van der Waals surface area (Å²) in [6.07, 6.45) is -1.04. The highest BCUT2D eigenvalue weighted by Crippen LogP contribution is 2.09. The minimum Gasteiger partial charge on any atom is -0.463 e. The fourth-order valence-electron chi connectivity index (χ4n) is 1.30. The number of halogens is 1. The lowest BCUT2D eigenvalue weighted by atomic mass is 10.2. The largest absolute Gasteiger partial charge is 0.463 e. The molecule has 0 aromatic heterocycles. The van der Waals surface area contributed by atoms with Gasteiger partial charge in [0.15, 0.2) is 6.10 Å². The van der Waals surface area contributed by atoms with E-state index in [-0.39, 0.29) is 6.61 Å². The summed E-state index contributed by atoms with van der Waals surface area (Å²) in [5.41, 5.74) is 4.39. The number of aryl methyl sites for hydroxylation is 1. The van der Waals surface area contributed by atoms with Crippen molar-refractivity contribution in [2.75, 3.05) is 12.0 Å². The number of nitrogens with zero attached hydrogens (tertiary/aromatic N) is 1. The molecular weight excluding hydrogens is 296 g/mol. The lowest BCUT2D eigenvalue weighted by Crippen LogP contribution is -2.28. The van der Waals surface area contributed by atoms with E-state index in [1.165, 1.54) is 6.92 Å². The molecular formula is C14H17ClN2O4. The third kappa shape index (κ3) is 5.83. The van der Waals surface area contributed by atoms with Crippen LogP contribution < -0.4 is 5.43 Å². The van der Waals surface area contributed by atoms with Crippen LogP contribution in [-0.4, -0.2) is 29.8 Å². The van der Waals surface area contributed by atoms with E-state index in [1.807, 2.05) is 19.1 Å². The first-order chi connectivity index (χ1) is 9.93. The topological polar surface area (TPSA) is 77.0 Å². The monoisotopic (exact) mass is 312 g/mol. The van der Waals surface area contributed by atoms with Gasteiger partial charge in [-0.05, 0) is 32.9 Å². The summed E-state index contributed by atoms with van der Waals surface area (Å²) in [4.78, 5) is 22.9. The zero-order chi connectivity index (χ0) is 15.8. The molecule has 21 heavy (non-hydrogen) atoms. The molecule has 114 valence electrons. The molecule has 1 aromatic rings. The van der Waals surface area contributed by atoms with E-state index in [0.29, 0.717) is 5.69 Å². The highest BCUT2D eigenvalue weighted by Gasteiger charge is 2.21. The number of rotatable bonds is 6. The molecule has 1 aromatic carbocycles. The quantitative estimate of drug-likeness (QED) is 0.496. The summed E-state index contributed by atoms with van der Waals surface area (Å²) >= 11 is 5.70. The van der Waals surface area contributed by atoms with Crippen LogP contribution in [0.25, 0.3) is 0 Å². The van der Waals surface area contributed by atoms with Crippen LogP contribution in [0.4, 0.5) is 5.69 Å². The number of ether oxygens (including phenoxy) is 2. The minimum absolute atomic E-state index is 0.206. The van der Waals surface area contributed by atoms with E-state index < -0.39 is 23.2 Å². The molecule has 0 saturated carbocycles. The molecule has 1 rings (SSSR count). The van der Waals surface area contributed by atoms with Crippen LogP contribution in [0, 0.1) is 6.92 Å². The Hall–Kier alpha value is -2.08. The van der Waals surface area contributed by atoms with E-state index >= 15 is 0 Å². The maximum absolute atomic E-state index is 11.6. The van der Waals surface area contributed by atoms with Crippen LogP contribution in [0.1, 0.15) is 19.4 Å². The number of hydrogen-bond acceptors (Lipinski definition) is 6. The SMILES string of the molecule is CCOC(=O)[C@H](C)OC(=O)/C(Cl)=N\Nc1ccc(C)cc1. The third-order valence-electron chi connectivity index (χ3n) is 2.41. The summed E-state index contributed by atoms with van der Waals surface area (Å²) in [5, 5.41) is 3.28. The highest BCUT2D eigenvalue weighted by atomic mass is 35.5. The van der Waals surface area contributed by atoms with Crippen LogP contribution in [0.15, 0.2) is 29.4 Å². The summed E-state index contributed by atoms with van der Waals surface area (Å²) in [6, 6.07) is 7.34. The first-order valence-electron chi connectivity index (χ1n) is 6.37. The maximum Gasteiger partial charge on any atom is 0.371 e. The number of benzene rings is 1. The Balaban J connectivity index is 2.55. The van der Waals surface area contributed by atoms with E-state index in [2.05, 4.69) is 10.5 Å². The lowest BCUT2D eigenvalue weighted by molar-refractivity contribution is -0.162. The minimum atomic E-state index is -1.04. The summed E-state index contributed by atoms with van der Waals surface area (Å²) < 4.78 is 9.53. The normalized spacial score (nSPS) is 12.5. The van der Waals surface area contributed by atoms with Crippen LogP contribution in [0.5, 0.6) is 0 Å². The number of anilines is 1. The molecule has 0 fully saturated rings. The summed E-state index contributed by atoms with van der Waals surface area (Å²) in [7, 11) is 0. The predicted octanol–water partition coefficient (Wildman–Crippen LogP) is 2.45. The van der Waals surface area contributed by atoms with Crippen LogP contribution in [0.3, 0.4) is 0 Å². The van der Waals surface area contributed by atoms with Gasteiger partial charge >= 0.3 is 11.9 Å². The van der Waals surface area contributed by atoms with E-state index in [0.717, 1.165) is 5.56 Å². The molecule has 0 bridgehead atoms. The van der Waals surface area contributed by atoms with Gasteiger partial charge < -0.3 is 9.47 Å². The van der Waals surface area contributed by atoms with Crippen molar-refractivity contribution in [3.63, 3.8) is 0 Å². The molecule has 0 spiro atoms. The van der Waals surface area contributed by atoms with Crippen LogP contribution >= 0.6 is 11.6 Å². The second kappa shape index (κ2) is 8.26. The Morgan fingerprint density at radius 3 is 2.52 bits per heavy atom. The van der Waals surface area contributed by atoms with Gasteiger partial charge in [0.1, 0.15) is 0 Å². The molecule has 0 aliphatic rings. The van der Waals surface area contributed by atoms with Gasteiger partial charge in [-0.15, -0.1) is 0 Å². The molecule has 0 saturated heterocycles. The summed E-state index contributed by atoms with van der Waals surface area (Å²) in [6.45, 7) is 5.21. The average molecular weight is 313 g/mol. The van der Waals surface area contributed by atoms with Crippen molar-refractivity contribution >= 4 is 34.4 Å². The Labute approximate surface area is 128 Å². The highest BCUT2D eigenvalue weighted by molar-refractivity contribution is 6.82. The second-order valence-electron chi connectivity index (χ2n) is 4.18. The Bertz CT molecular complexity index is 528. The van der Waals surface area contributed by atoms with Gasteiger partial charge in [-0.1, -0.05) is 29.3 Å². The Morgan fingerprint density at radius 2 is 1.95 bits per heavy atom. The van der Waals surface area contributed by atoms with Crippen LogP contribution in [0.2, 0.25) is 0 Å². The van der Waals surface area contributed by atoms with Crippen molar-refractivity contribution in [2.45, 2.75) is 26.9 Å². The smallest absolute Gasteiger partial charge is 0.371 e. The maximum atomic E-state index is 11.6. The van der Waals surface area contributed by atoms with Gasteiger partial charge in [0.25, 0.3) is 0 Å². The predicted molar refractivity (Wildman–Crippen MR) is 80.3 cm³/mol. The van der Waals surface area contributed by atoms with Crippen molar-refractivity contribution in [1.29, 1.82) is 0 Å². The van der Waals surface area contributed by atoms with Crippen molar-refractivity contribution in [2.24, 2.45) is 5.10 Å². The van der Waals surface area contributed by atoms with Gasteiger partial charge in [-0.3, -0.25) is 5.43 Å². The first-order valence-corrected chi connectivity index (χ1v) is 6.75. The molecule has 0 aliphatic carbocycles. The molecule has 0 aliphatic heterocycles. The van der Waals surface area contributed by atoms with Gasteiger partial charge in [-0.25, -0.2) is 9.59 Å². The number of carbonyl (C=O) groups excluding carboxylic acids is 2. The molecule has 0 radical (unpaired) electrons. The standard InChI is InChI=1S/C14H17ClN2O4/c1-4-20-13(18)10(3)21-14(19)12(15)17-16-11-7-5-9(2)6-8-11/h5-8,10,16H,4H2,1-3H3/b17-12+/t10-/m0/s1. The fraction of sp³-hybridized carbons (Fsp3) is 0.357. The van der Waals surface area contributed by atoms with E-state index in [4.69, 9.17) is 21.1 Å². The Kier molecular flexibility index (Phi) is 6.68. The number of esters is 2. The van der Waals surface area contributed by atoms with Crippen molar-refractivity contribution in [1.82, 2.24) is 0 Å². The molecule has 6 nitrogen and oxygen atoms in total. The second-order valence-corrected chi connectivity index (χ2v) is 4.54. The number of hydrazone groups is 1. The molecule has 7 heteroatoms. The van der Waals surface area contributed by atoms with Crippen LogP contribution in [-0.2, 0) is 19.1 Å². The summed E-state index contributed by atoms with van der Waals surface area (Å²) in [5.74, 6) is -1.54. The van der Waals surface area contributed by atoms with Gasteiger partial charge in [-0.2, -0.15) is 5.10 Å². The molecule has 1 N–H and O–H groups in total. The van der Waals surface area contributed by atoms with Crippen molar-refractivity contribution < 1.29 is 19.1 Å². The zero-order valence-corrected chi connectivity index (χ0v) is 12.8. The fourth-order valence-corrected chi connectivity index (χ4v) is 1.39. The average Bonchev–Trinajstić information content (AvgIpc) is 2.46. The van der Waals surface area contributed by atoms with Crippen molar-refractivity contribution in [3.8, 4) is 0 Å². The Morgan fingerprint density at radius 1 is 1.33 bits per heavy atom. The van der Waals surface area contributed by atoms with Crippen molar-refractivity contribution in [3.05, 3.63) is 29.8 Å². The van der Waals surface area contributed by atoms with Gasteiger partial charge in [0, 0.05) is 0 Å². The van der Waals surface area contributed by atoms with Gasteiger partial charge in [0.2, 0.25) is 5.17 Å². The molecule has 0 heterocycles.